The van der Waals surface area contributed by atoms with Crippen molar-refractivity contribution in [3.63, 3.8) is 0 Å². The fourth-order valence-corrected chi connectivity index (χ4v) is 1.70. The summed E-state index contributed by atoms with van der Waals surface area (Å²) in [5.74, 6) is 7.11. The largest absolute Gasteiger partial charge is 0.313 e. The molecule has 1 atom stereocenters. The maximum absolute atomic E-state index is 3.51. The van der Waals surface area contributed by atoms with Crippen LogP contribution in [0.2, 0.25) is 0 Å². The Morgan fingerprint density at radius 3 is 2.65 bits per heavy atom. The van der Waals surface area contributed by atoms with Crippen LogP contribution >= 0.6 is 0 Å². The van der Waals surface area contributed by atoms with Crippen molar-refractivity contribution in [3.8, 4) is 11.8 Å². The van der Waals surface area contributed by atoms with E-state index >= 15 is 0 Å². The Labute approximate surface area is 109 Å². The van der Waals surface area contributed by atoms with Crippen molar-refractivity contribution in [2.24, 2.45) is 5.92 Å². The maximum atomic E-state index is 3.51. The summed E-state index contributed by atoms with van der Waals surface area (Å²) in [6.45, 7) is 8.52. The lowest BCUT2D eigenvalue weighted by Gasteiger charge is -2.16. The molecular formula is C16H29N. The van der Waals surface area contributed by atoms with Crippen LogP contribution in [0.25, 0.3) is 0 Å². The first-order chi connectivity index (χ1) is 7.68. The smallest absolute Gasteiger partial charge is 0.0165 e. The summed E-state index contributed by atoms with van der Waals surface area (Å²) in [6, 6.07) is 0. The van der Waals surface area contributed by atoms with E-state index in [9.17, 15) is 0 Å². The van der Waals surface area contributed by atoms with E-state index in [0.29, 0.717) is 0 Å². The monoisotopic (exact) mass is 235 g/mol. The SMILES string of the molecule is C.CC(C)=C/C=C(\C)CNCC1CC#CCC1.[HH]. The Morgan fingerprint density at radius 2 is 2.06 bits per heavy atom. The van der Waals surface area contributed by atoms with Crippen LogP contribution in [0.1, 0.15) is 48.9 Å². The Morgan fingerprint density at radius 1 is 1.29 bits per heavy atom. The Bertz CT molecular complexity index is 327. The molecule has 0 saturated carbocycles. The molecule has 1 nitrogen and oxygen atoms in total. The molecule has 1 unspecified atom stereocenters. The summed E-state index contributed by atoms with van der Waals surface area (Å²) in [7, 11) is 0. The molecule has 1 rings (SSSR count). The van der Waals surface area contributed by atoms with E-state index < -0.39 is 0 Å². The van der Waals surface area contributed by atoms with E-state index in [2.05, 4.69) is 50.1 Å². The molecule has 0 aromatic carbocycles. The zero-order chi connectivity index (χ0) is 11.8. The molecule has 0 aromatic heterocycles. The van der Waals surface area contributed by atoms with Gasteiger partial charge in [-0.3, -0.25) is 0 Å². The number of rotatable bonds is 5. The van der Waals surface area contributed by atoms with Gasteiger partial charge in [0.25, 0.3) is 0 Å². The standard InChI is InChI=1S/C15H23N.CH4.H2/c1-13(2)9-10-14(3)11-16-12-15-7-5-4-6-8-15;;/h9-10,15-16H,5,7-8,11-12H2,1-3H3;1H4;1H/b14-10+;;. The molecule has 17 heavy (non-hydrogen) atoms. The fraction of sp³-hybridized carbons (Fsp3) is 0.625. The molecule has 1 aliphatic carbocycles. The van der Waals surface area contributed by atoms with Gasteiger partial charge in [-0.1, -0.05) is 30.7 Å². The normalized spacial score (nSPS) is 18.8. The minimum atomic E-state index is 0. The van der Waals surface area contributed by atoms with Gasteiger partial charge in [-0.2, -0.15) is 0 Å². The average Bonchev–Trinajstić information content (AvgIpc) is 2.28. The highest BCUT2D eigenvalue weighted by Gasteiger charge is 2.08. The quantitative estimate of drug-likeness (QED) is 0.557. The van der Waals surface area contributed by atoms with Crippen LogP contribution < -0.4 is 5.32 Å². The van der Waals surface area contributed by atoms with Gasteiger partial charge in [0.2, 0.25) is 0 Å². The lowest BCUT2D eigenvalue weighted by Crippen LogP contribution is -2.25. The van der Waals surface area contributed by atoms with Gasteiger partial charge in [0.1, 0.15) is 0 Å². The second-order valence-electron chi connectivity index (χ2n) is 4.85. The summed E-state index contributed by atoms with van der Waals surface area (Å²) in [4.78, 5) is 0. The lowest BCUT2D eigenvalue weighted by molar-refractivity contribution is 0.462. The van der Waals surface area contributed by atoms with Crippen LogP contribution in [-0.2, 0) is 0 Å². The van der Waals surface area contributed by atoms with Gasteiger partial charge < -0.3 is 5.32 Å². The zero-order valence-corrected chi connectivity index (χ0v) is 10.8. The second-order valence-corrected chi connectivity index (χ2v) is 4.85. The molecule has 0 heterocycles. The summed E-state index contributed by atoms with van der Waals surface area (Å²) in [5, 5.41) is 3.51. The molecule has 0 amide bonds. The van der Waals surface area contributed by atoms with Gasteiger partial charge in [0, 0.05) is 20.8 Å². The van der Waals surface area contributed by atoms with Crippen LogP contribution in [0.4, 0.5) is 0 Å². The van der Waals surface area contributed by atoms with E-state index in [1.165, 1.54) is 17.6 Å². The molecule has 1 aliphatic rings. The van der Waals surface area contributed by atoms with Crippen molar-refractivity contribution in [3.05, 3.63) is 23.3 Å². The topological polar surface area (TPSA) is 12.0 Å². The molecule has 0 aromatic rings. The number of hydrogen-bond acceptors (Lipinski definition) is 1. The number of allylic oxidation sites excluding steroid dienone is 3. The predicted octanol–water partition coefficient (Wildman–Crippen LogP) is 4.17. The van der Waals surface area contributed by atoms with Gasteiger partial charge in [0.05, 0.1) is 0 Å². The minimum absolute atomic E-state index is 0. The molecule has 1 N–H and O–H groups in total. The summed E-state index contributed by atoms with van der Waals surface area (Å²) < 4.78 is 0. The van der Waals surface area contributed by atoms with Crippen molar-refractivity contribution in [2.75, 3.05) is 13.1 Å². The van der Waals surface area contributed by atoms with E-state index in [1.54, 1.807) is 0 Å². The lowest BCUT2D eigenvalue weighted by atomic mass is 9.96. The van der Waals surface area contributed by atoms with Crippen molar-refractivity contribution in [1.29, 1.82) is 0 Å². The molecule has 0 radical (unpaired) electrons. The molecule has 98 valence electrons. The molecule has 0 aliphatic heterocycles. The van der Waals surface area contributed by atoms with Crippen LogP contribution in [0.3, 0.4) is 0 Å². The Kier molecular flexibility index (Phi) is 8.54. The highest BCUT2D eigenvalue weighted by molar-refractivity contribution is 5.15. The van der Waals surface area contributed by atoms with E-state index in [1.807, 2.05) is 0 Å². The Balaban J connectivity index is 0. The summed E-state index contributed by atoms with van der Waals surface area (Å²) in [6.07, 6.45) is 7.78. The predicted molar refractivity (Wildman–Crippen MR) is 80.0 cm³/mol. The first kappa shape index (κ1) is 16.0. The third-order valence-electron chi connectivity index (χ3n) is 2.73. The van der Waals surface area contributed by atoms with Crippen LogP contribution in [0, 0.1) is 17.8 Å². The van der Waals surface area contributed by atoms with Crippen molar-refractivity contribution in [1.82, 2.24) is 5.32 Å². The van der Waals surface area contributed by atoms with Crippen LogP contribution in [0.5, 0.6) is 0 Å². The van der Waals surface area contributed by atoms with Crippen molar-refractivity contribution < 1.29 is 1.43 Å². The average molecular weight is 235 g/mol. The molecular weight excluding hydrogens is 206 g/mol. The van der Waals surface area contributed by atoms with E-state index in [-0.39, 0.29) is 8.85 Å². The summed E-state index contributed by atoms with van der Waals surface area (Å²) in [5.41, 5.74) is 2.74. The van der Waals surface area contributed by atoms with Gasteiger partial charge in [-0.05, 0) is 39.7 Å². The fourth-order valence-electron chi connectivity index (χ4n) is 1.70. The Hall–Kier alpha value is -1.00. The third kappa shape index (κ3) is 7.82. The third-order valence-corrected chi connectivity index (χ3v) is 2.73. The number of nitrogens with one attached hydrogen (secondary N) is 1. The van der Waals surface area contributed by atoms with Gasteiger partial charge in [-0.25, -0.2) is 0 Å². The first-order valence-electron chi connectivity index (χ1n) is 6.15. The number of hydrogen-bond donors (Lipinski definition) is 1. The zero-order valence-electron chi connectivity index (χ0n) is 10.8. The molecule has 0 spiro atoms. The van der Waals surface area contributed by atoms with Gasteiger partial charge in [0.15, 0.2) is 0 Å². The van der Waals surface area contributed by atoms with Gasteiger partial charge >= 0.3 is 0 Å². The van der Waals surface area contributed by atoms with Gasteiger partial charge in [-0.15, -0.1) is 11.8 Å². The molecule has 0 bridgehead atoms. The second kappa shape index (κ2) is 9.07. The van der Waals surface area contributed by atoms with E-state index in [0.717, 1.165) is 31.8 Å². The molecule has 0 fully saturated rings. The van der Waals surface area contributed by atoms with Crippen LogP contribution in [-0.4, -0.2) is 13.1 Å². The molecule has 0 saturated heterocycles. The van der Waals surface area contributed by atoms with Crippen LogP contribution in [0.15, 0.2) is 23.3 Å². The summed E-state index contributed by atoms with van der Waals surface area (Å²) >= 11 is 0. The van der Waals surface area contributed by atoms with E-state index in [4.69, 9.17) is 0 Å². The molecule has 1 heteroatoms. The highest BCUT2D eigenvalue weighted by Crippen LogP contribution is 2.12. The maximum Gasteiger partial charge on any atom is 0.0165 e. The highest BCUT2D eigenvalue weighted by atomic mass is 14.9. The van der Waals surface area contributed by atoms with Crippen molar-refractivity contribution >= 4 is 0 Å². The first-order valence-corrected chi connectivity index (χ1v) is 6.15. The van der Waals surface area contributed by atoms with Crippen molar-refractivity contribution in [2.45, 2.75) is 47.5 Å². The minimum Gasteiger partial charge on any atom is -0.313 e.